The predicted octanol–water partition coefficient (Wildman–Crippen LogP) is 2.63. The van der Waals surface area contributed by atoms with Crippen LogP contribution >= 0.6 is 0 Å². The molecule has 1 aromatic carbocycles. The molecule has 0 saturated carbocycles. The van der Waals surface area contributed by atoms with Crippen molar-refractivity contribution in [2.75, 3.05) is 20.2 Å². The number of carbonyl (C=O) groups excluding carboxylic acids is 2. The van der Waals surface area contributed by atoms with Gasteiger partial charge in [0, 0.05) is 18.8 Å². The van der Waals surface area contributed by atoms with Gasteiger partial charge in [-0.2, -0.15) is 8.78 Å². The van der Waals surface area contributed by atoms with Gasteiger partial charge in [-0.05, 0) is 38.1 Å². The molecule has 0 spiro atoms. The van der Waals surface area contributed by atoms with Crippen LogP contribution in [0.2, 0.25) is 0 Å². The Balaban J connectivity index is 2.12. The van der Waals surface area contributed by atoms with E-state index in [2.05, 4.69) is 15.4 Å². The van der Waals surface area contributed by atoms with Gasteiger partial charge in [0.25, 0.3) is 0 Å². The third-order valence-electron chi connectivity index (χ3n) is 4.18. The van der Waals surface area contributed by atoms with Crippen LogP contribution < -0.4 is 15.4 Å². The number of amides is 2. The summed E-state index contributed by atoms with van der Waals surface area (Å²) >= 11 is 0. The standard InChI is InChI=1S/C19H25F2N3O4/c1-4-14-16(17(25)27-5-2)15(23-19(26)22-14)11-24(3)10-12-6-8-13(9-7-12)28-18(20)21/h6-9,14,18H,4-5,10-11H2,1-3H3,(H2,22,23,26)/t14-/m1/s1. The van der Waals surface area contributed by atoms with Gasteiger partial charge in [0.1, 0.15) is 5.75 Å². The second-order valence-corrected chi connectivity index (χ2v) is 6.37. The molecule has 0 unspecified atom stereocenters. The summed E-state index contributed by atoms with van der Waals surface area (Å²) in [6, 6.07) is 5.53. The first-order chi connectivity index (χ1) is 13.3. The van der Waals surface area contributed by atoms with Gasteiger partial charge in [-0.3, -0.25) is 4.90 Å². The van der Waals surface area contributed by atoms with E-state index in [1.165, 1.54) is 12.1 Å². The van der Waals surface area contributed by atoms with Crippen molar-refractivity contribution in [3.63, 3.8) is 0 Å². The molecule has 2 rings (SSSR count). The molecule has 1 aliphatic heterocycles. The molecule has 2 amide bonds. The zero-order valence-corrected chi connectivity index (χ0v) is 16.1. The summed E-state index contributed by atoms with van der Waals surface area (Å²) in [5, 5.41) is 5.43. The lowest BCUT2D eigenvalue weighted by Crippen LogP contribution is -2.51. The molecule has 2 N–H and O–H groups in total. The van der Waals surface area contributed by atoms with Gasteiger partial charge < -0.3 is 20.1 Å². The van der Waals surface area contributed by atoms with Gasteiger partial charge in [0.15, 0.2) is 0 Å². The van der Waals surface area contributed by atoms with E-state index in [0.29, 0.717) is 30.8 Å². The number of halogens is 2. The van der Waals surface area contributed by atoms with Crippen LogP contribution in [-0.4, -0.2) is 49.8 Å². The largest absolute Gasteiger partial charge is 0.463 e. The molecule has 9 heteroatoms. The Kier molecular flexibility index (Phi) is 7.74. The zero-order chi connectivity index (χ0) is 20.7. The lowest BCUT2D eigenvalue weighted by atomic mass is 10.00. The van der Waals surface area contributed by atoms with Crippen LogP contribution in [0.25, 0.3) is 0 Å². The van der Waals surface area contributed by atoms with E-state index < -0.39 is 18.6 Å². The summed E-state index contributed by atoms with van der Waals surface area (Å²) in [6.45, 7) is 1.77. The van der Waals surface area contributed by atoms with E-state index in [1.807, 2.05) is 18.9 Å². The third-order valence-corrected chi connectivity index (χ3v) is 4.18. The molecule has 0 bridgehead atoms. The van der Waals surface area contributed by atoms with Gasteiger partial charge in [-0.1, -0.05) is 19.1 Å². The second kappa shape index (κ2) is 10.0. The molecular formula is C19H25F2N3O4. The Hall–Kier alpha value is -2.68. The maximum absolute atomic E-state index is 12.4. The molecule has 28 heavy (non-hydrogen) atoms. The van der Waals surface area contributed by atoms with Crippen molar-refractivity contribution in [3.05, 3.63) is 41.1 Å². The summed E-state index contributed by atoms with van der Waals surface area (Å²) in [6.07, 6.45) is 0.556. The number of benzene rings is 1. The smallest absolute Gasteiger partial charge is 0.387 e. The number of hydrogen-bond acceptors (Lipinski definition) is 5. The van der Waals surface area contributed by atoms with Gasteiger partial charge >= 0.3 is 18.6 Å². The first kappa shape index (κ1) is 21.6. The van der Waals surface area contributed by atoms with Crippen molar-refractivity contribution in [1.29, 1.82) is 0 Å². The van der Waals surface area contributed by atoms with E-state index in [1.54, 1.807) is 19.1 Å². The van der Waals surface area contributed by atoms with E-state index in [4.69, 9.17) is 4.74 Å². The number of likely N-dealkylation sites (N-methyl/N-ethyl adjacent to an activating group) is 1. The number of rotatable bonds is 9. The van der Waals surface area contributed by atoms with Crippen LogP contribution in [0.4, 0.5) is 13.6 Å². The van der Waals surface area contributed by atoms with Crippen LogP contribution in [0.15, 0.2) is 35.5 Å². The average molecular weight is 397 g/mol. The second-order valence-electron chi connectivity index (χ2n) is 6.37. The van der Waals surface area contributed by atoms with Crippen molar-refractivity contribution < 1.29 is 27.8 Å². The van der Waals surface area contributed by atoms with Gasteiger partial charge in [-0.15, -0.1) is 0 Å². The highest BCUT2D eigenvalue weighted by Crippen LogP contribution is 2.19. The number of alkyl halides is 2. The minimum atomic E-state index is -2.86. The van der Waals surface area contributed by atoms with Crippen LogP contribution in [0, 0.1) is 0 Å². The van der Waals surface area contributed by atoms with Gasteiger partial charge in [0.2, 0.25) is 0 Å². The topological polar surface area (TPSA) is 79.9 Å². The summed E-state index contributed by atoms with van der Waals surface area (Å²) < 4.78 is 33.9. The quantitative estimate of drug-likeness (QED) is 0.627. The number of nitrogens with one attached hydrogen (secondary N) is 2. The average Bonchev–Trinajstić information content (AvgIpc) is 2.62. The van der Waals surface area contributed by atoms with E-state index in [9.17, 15) is 18.4 Å². The summed E-state index contributed by atoms with van der Waals surface area (Å²) in [5.41, 5.74) is 1.78. The van der Waals surface area contributed by atoms with Crippen molar-refractivity contribution in [2.45, 2.75) is 39.5 Å². The molecule has 1 atom stereocenters. The Morgan fingerprint density at radius 3 is 2.46 bits per heavy atom. The molecule has 154 valence electrons. The number of nitrogens with zero attached hydrogens (tertiary/aromatic N) is 1. The van der Waals surface area contributed by atoms with Crippen LogP contribution in [-0.2, 0) is 16.1 Å². The Morgan fingerprint density at radius 2 is 1.89 bits per heavy atom. The van der Waals surface area contributed by atoms with Crippen molar-refractivity contribution >= 4 is 12.0 Å². The van der Waals surface area contributed by atoms with Crippen LogP contribution in [0.1, 0.15) is 25.8 Å². The van der Waals surface area contributed by atoms with Crippen LogP contribution in [0.3, 0.4) is 0 Å². The molecule has 1 aliphatic rings. The molecular weight excluding hydrogens is 372 g/mol. The highest BCUT2D eigenvalue weighted by atomic mass is 19.3. The molecule has 0 saturated heterocycles. The van der Waals surface area contributed by atoms with E-state index >= 15 is 0 Å². The lowest BCUT2D eigenvalue weighted by Gasteiger charge is -2.30. The number of esters is 1. The third kappa shape index (κ3) is 5.91. The number of hydrogen-bond donors (Lipinski definition) is 2. The van der Waals surface area contributed by atoms with Gasteiger partial charge in [-0.25, -0.2) is 9.59 Å². The number of carbonyl (C=O) groups is 2. The predicted molar refractivity (Wildman–Crippen MR) is 98.8 cm³/mol. The summed E-state index contributed by atoms with van der Waals surface area (Å²) in [7, 11) is 1.83. The molecule has 1 heterocycles. The fourth-order valence-corrected chi connectivity index (χ4v) is 3.00. The fourth-order valence-electron chi connectivity index (χ4n) is 3.00. The SMILES string of the molecule is CCOC(=O)C1=C(CN(C)Cc2ccc(OC(F)F)cc2)NC(=O)N[C@@H]1CC. The molecule has 7 nitrogen and oxygen atoms in total. The Labute approximate surface area is 162 Å². The molecule has 1 aromatic rings. The minimum absolute atomic E-state index is 0.0881. The Bertz CT molecular complexity index is 722. The maximum atomic E-state index is 12.4. The normalized spacial score (nSPS) is 16.8. The molecule has 0 fully saturated rings. The highest BCUT2D eigenvalue weighted by Gasteiger charge is 2.31. The number of urea groups is 1. The van der Waals surface area contributed by atoms with E-state index in [-0.39, 0.29) is 18.4 Å². The lowest BCUT2D eigenvalue weighted by molar-refractivity contribution is -0.139. The summed E-state index contributed by atoms with van der Waals surface area (Å²) in [4.78, 5) is 26.2. The Morgan fingerprint density at radius 1 is 1.21 bits per heavy atom. The highest BCUT2D eigenvalue weighted by molar-refractivity contribution is 5.94. The minimum Gasteiger partial charge on any atom is -0.463 e. The maximum Gasteiger partial charge on any atom is 0.387 e. The molecule has 0 radical (unpaired) electrons. The summed E-state index contributed by atoms with van der Waals surface area (Å²) in [5.74, 6) is -0.371. The van der Waals surface area contributed by atoms with Crippen molar-refractivity contribution in [3.8, 4) is 5.75 Å². The molecule has 0 aromatic heterocycles. The fraction of sp³-hybridized carbons (Fsp3) is 0.474. The first-order valence-corrected chi connectivity index (χ1v) is 9.04. The van der Waals surface area contributed by atoms with Crippen molar-refractivity contribution in [2.24, 2.45) is 0 Å². The van der Waals surface area contributed by atoms with Gasteiger partial charge in [0.05, 0.1) is 18.2 Å². The van der Waals surface area contributed by atoms with Crippen LogP contribution in [0.5, 0.6) is 5.75 Å². The van der Waals surface area contributed by atoms with E-state index in [0.717, 1.165) is 5.56 Å². The molecule has 0 aliphatic carbocycles. The number of ether oxygens (including phenoxy) is 2. The first-order valence-electron chi connectivity index (χ1n) is 9.04. The van der Waals surface area contributed by atoms with Crippen molar-refractivity contribution in [1.82, 2.24) is 15.5 Å². The zero-order valence-electron chi connectivity index (χ0n) is 16.1. The monoisotopic (exact) mass is 397 g/mol.